The first-order valence-electron chi connectivity index (χ1n) is 7.14. The van der Waals surface area contributed by atoms with Crippen molar-refractivity contribution in [2.24, 2.45) is 11.7 Å². The standard InChI is InChI=1S/C14H24N4O2/c1-17(7-2-6-15)14(20)5-10-18-8-3-12(4-9-18)11-13(16)19/h12H,2-5,7-11H2,1H3,(H2,16,19). The van der Waals surface area contributed by atoms with E-state index in [2.05, 4.69) is 4.90 Å². The monoisotopic (exact) mass is 280 g/mol. The molecule has 0 aromatic heterocycles. The van der Waals surface area contributed by atoms with E-state index in [0.717, 1.165) is 32.5 Å². The number of amides is 2. The molecule has 0 radical (unpaired) electrons. The molecule has 0 unspecified atom stereocenters. The molecule has 6 nitrogen and oxygen atoms in total. The van der Waals surface area contributed by atoms with Crippen LogP contribution in [-0.4, -0.2) is 54.8 Å². The molecule has 2 N–H and O–H groups in total. The molecule has 1 heterocycles. The highest BCUT2D eigenvalue weighted by Gasteiger charge is 2.21. The smallest absolute Gasteiger partial charge is 0.223 e. The summed E-state index contributed by atoms with van der Waals surface area (Å²) < 4.78 is 0. The van der Waals surface area contributed by atoms with Crippen molar-refractivity contribution in [1.29, 1.82) is 5.26 Å². The Kier molecular flexibility index (Phi) is 7.02. The lowest BCUT2D eigenvalue weighted by Gasteiger charge is -2.31. The molecule has 0 aromatic rings. The fourth-order valence-corrected chi connectivity index (χ4v) is 2.49. The van der Waals surface area contributed by atoms with Gasteiger partial charge in [-0.25, -0.2) is 0 Å². The van der Waals surface area contributed by atoms with E-state index in [9.17, 15) is 9.59 Å². The SMILES string of the molecule is CN(CCC#N)C(=O)CCN1CCC(CC(N)=O)CC1. The molecule has 6 heteroatoms. The van der Waals surface area contributed by atoms with Gasteiger partial charge in [0.15, 0.2) is 0 Å². The van der Waals surface area contributed by atoms with Crippen LogP contribution in [0.25, 0.3) is 0 Å². The van der Waals surface area contributed by atoms with Gasteiger partial charge in [0.05, 0.1) is 12.5 Å². The molecule has 1 rings (SSSR count). The van der Waals surface area contributed by atoms with Crippen LogP contribution in [0, 0.1) is 17.2 Å². The van der Waals surface area contributed by atoms with E-state index in [1.54, 1.807) is 11.9 Å². The minimum atomic E-state index is -0.224. The zero-order chi connectivity index (χ0) is 15.0. The van der Waals surface area contributed by atoms with E-state index in [-0.39, 0.29) is 11.8 Å². The van der Waals surface area contributed by atoms with Crippen molar-refractivity contribution in [3.8, 4) is 6.07 Å². The summed E-state index contributed by atoms with van der Waals surface area (Å²) in [7, 11) is 1.73. The first-order valence-corrected chi connectivity index (χ1v) is 7.14. The summed E-state index contributed by atoms with van der Waals surface area (Å²) in [6.07, 6.45) is 3.29. The molecule has 1 aliphatic rings. The first-order chi connectivity index (χ1) is 9.52. The Balaban J connectivity index is 2.19. The van der Waals surface area contributed by atoms with Crippen molar-refractivity contribution >= 4 is 11.8 Å². The maximum absolute atomic E-state index is 11.8. The topological polar surface area (TPSA) is 90.4 Å². The third-order valence-electron chi connectivity index (χ3n) is 3.82. The summed E-state index contributed by atoms with van der Waals surface area (Å²) in [5.41, 5.74) is 5.20. The molecule has 0 spiro atoms. The van der Waals surface area contributed by atoms with Gasteiger partial charge in [0, 0.05) is 33.0 Å². The van der Waals surface area contributed by atoms with Crippen LogP contribution in [0.2, 0.25) is 0 Å². The van der Waals surface area contributed by atoms with Crippen molar-refractivity contribution in [1.82, 2.24) is 9.80 Å². The molecule has 20 heavy (non-hydrogen) atoms. The highest BCUT2D eigenvalue weighted by Crippen LogP contribution is 2.20. The summed E-state index contributed by atoms with van der Waals surface area (Å²) in [5, 5.41) is 8.49. The molecule has 1 fully saturated rings. The highest BCUT2D eigenvalue weighted by atomic mass is 16.2. The summed E-state index contributed by atoms with van der Waals surface area (Å²) in [6, 6.07) is 2.04. The summed E-state index contributed by atoms with van der Waals surface area (Å²) >= 11 is 0. The van der Waals surface area contributed by atoms with Gasteiger partial charge in [-0.1, -0.05) is 0 Å². The number of carbonyl (C=O) groups excluding carboxylic acids is 2. The van der Waals surface area contributed by atoms with Crippen LogP contribution in [-0.2, 0) is 9.59 Å². The lowest BCUT2D eigenvalue weighted by molar-refractivity contribution is -0.130. The van der Waals surface area contributed by atoms with Gasteiger partial charge >= 0.3 is 0 Å². The second kappa shape index (κ2) is 8.54. The van der Waals surface area contributed by atoms with Crippen LogP contribution in [0.3, 0.4) is 0 Å². The average Bonchev–Trinajstić information content (AvgIpc) is 2.43. The highest BCUT2D eigenvalue weighted by molar-refractivity contribution is 5.76. The van der Waals surface area contributed by atoms with Crippen LogP contribution in [0.5, 0.6) is 0 Å². The number of nitriles is 1. The van der Waals surface area contributed by atoms with Gasteiger partial charge in [-0.3, -0.25) is 9.59 Å². The predicted octanol–water partition coefficient (Wildman–Crippen LogP) is 0.336. The van der Waals surface area contributed by atoms with Gasteiger partial charge < -0.3 is 15.5 Å². The van der Waals surface area contributed by atoms with Crippen LogP contribution in [0.4, 0.5) is 0 Å². The van der Waals surface area contributed by atoms with E-state index < -0.39 is 0 Å². The Morgan fingerprint density at radius 3 is 2.60 bits per heavy atom. The van der Waals surface area contributed by atoms with E-state index in [4.69, 9.17) is 11.0 Å². The normalized spacial score (nSPS) is 16.6. The summed E-state index contributed by atoms with van der Waals surface area (Å²) in [4.78, 5) is 26.6. The zero-order valence-corrected chi connectivity index (χ0v) is 12.2. The van der Waals surface area contributed by atoms with Gasteiger partial charge in [-0.15, -0.1) is 0 Å². The first kappa shape index (κ1) is 16.4. The van der Waals surface area contributed by atoms with E-state index in [0.29, 0.717) is 31.7 Å². The Bertz CT molecular complexity index is 370. The average molecular weight is 280 g/mol. The third-order valence-corrected chi connectivity index (χ3v) is 3.82. The lowest BCUT2D eigenvalue weighted by atomic mass is 9.93. The molecule has 1 saturated heterocycles. The van der Waals surface area contributed by atoms with Gasteiger partial charge in [0.2, 0.25) is 11.8 Å². The van der Waals surface area contributed by atoms with Crippen molar-refractivity contribution in [2.45, 2.75) is 32.1 Å². The predicted molar refractivity (Wildman–Crippen MR) is 75.5 cm³/mol. The Morgan fingerprint density at radius 2 is 2.05 bits per heavy atom. The van der Waals surface area contributed by atoms with E-state index in [1.165, 1.54) is 0 Å². The Morgan fingerprint density at radius 1 is 1.40 bits per heavy atom. The molecule has 0 aliphatic carbocycles. The number of primary amides is 1. The quantitative estimate of drug-likeness (QED) is 0.728. The van der Waals surface area contributed by atoms with Gasteiger partial charge in [-0.2, -0.15) is 5.26 Å². The summed E-state index contributed by atoms with van der Waals surface area (Å²) in [5.74, 6) is 0.259. The molecule has 2 amide bonds. The number of likely N-dealkylation sites (tertiary alicyclic amines) is 1. The minimum Gasteiger partial charge on any atom is -0.370 e. The molecule has 112 valence electrons. The van der Waals surface area contributed by atoms with Gasteiger partial charge in [0.1, 0.15) is 0 Å². The molecular formula is C14H24N4O2. The van der Waals surface area contributed by atoms with Crippen molar-refractivity contribution < 1.29 is 9.59 Å². The van der Waals surface area contributed by atoms with E-state index in [1.807, 2.05) is 6.07 Å². The number of nitrogens with two attached hydrogens (primary N) is 1. The van der Waals surface area contributed by atoms with Gasteiger partial charge in [0.25, 0.3) is 0 Å². The summed E-state index contributed by atoms with van der Waals surface area (Å²) in [6.45, 7) is 3.09. The number of rotatable bonds is 7. The number of hydrogen-bond donors (Lipinski definition) is 1. The Labute approximate surface area is 120 Å². The van der Waals surface area contributed by atoms with Gasteiger partial charge in [-0.05, 0) is 31.8 Å². The number of carbonyl (C=O) groups is 2. The molecular weight excluding hydrogens is 256 g/mol. The fourth-order valence-electron chi connectivity index (χ4n) is 2.49. The largest absolute Gasteiger partial charge is 0.370 e. The minimum absolute atomic E-state index is 0.0829. The molecule has 0 atom stereocenters. The fraction of sp³-hybridized carbons (Fsp3) is 0.786. The van der Waals surface area contributed by atoms with Crippen LogP contribution < -0.4 is 5.73 Å². The number of piperidine rings is 1. The number of hydrogen-bond acceptors (Lipinski definition) is 4. The third kappa shape index (κ3) is 6.02. The molecule has 1 aliphatic heterocycles. The maximum atomic E-state index is 11.8. The second-order valence-corrected chi connectivity index (χ2v) is 5.43. The Hall–Kier alpha value is -1.61. The molecule has 0 saturated carbocycles. The van der Waals surface area contributed by atoms with Crippen molar-refractivity contribution in [3.63, 3.8) is 0 Å². The van der Waals surface area contributed by atoms with Crippen LogP contribution in [0.15, 0.2) is 0 Å². The maximum Gasteiger partial charge on any atom is 0.223 e. The van der Waals surface area contributed by atoms with Crippen molar-refractivity contribution in [2.75, 3.05) is 33.2 Å². The van der Waals surface area contributed by atoms with Crippen LogP contribution in [0.1, 0.15) is 32.1 Å². The lowest BCUT2D eigenvalue weighted by Crippen LogP contribution is -2.38. The number of nitrogens with zero attached hydrogens (tertiary/aromatic N) is 3. The van der Waals surface area contributed by atoms with Crippen molar-refractivity contribution in [3.05, 3.63) is 0 Å². The second-order valence-electron chi connectivity index (χ2n) is 5.43. The van der Waals surface area contributed by atoms with E-state index >= 15 is 0 Å². The zero-order valence-electron chi connectivity index (χ0n) is 12.2. The van der Waals surface area contributed by atoms with Crippen LogP contribution >= 0.6 is 0 Å². The molecule has 0 bridgehead atoms. The molecule has 0 aromatic carbocycles.